The predicted molar refractivity (Wildman–Crippen MR) is 142 cm³/mol. The molecule has 0 unspecified atom stereocenters. The third-order valence-electron chi connectivity index (χ3n) is 4.47. The molecule has 0 bridgehead atoms. The van der Waals surface area contributed by atoms with Crippen molar-refractivity contribution < 1.29 is 26.4 Å². The number of nitrogens with zero attached hydrogens (tertiary/aromatic N) is 4. The summed E-state index contributed by atoms with van der Waals surface area (Å²) >= 11 is 5.78. The first-order valence-electron chi connectivity index (χ1n) is 10.3. The fraction of sp³-hybridized carbons (Fsp3) is 0.455. The Balaban J connectivity index is 0. The van der Waals surface area contributed by atoms with Crippen LogP contribution >= 0.6 is 24.0 Å². The number of aromatic nitrogens is 2. The first kappa shape index (κ1) is 34.6. The van der Waals surface area contributed by atoms with Gasteiger partial charge in [0.15, 0.2) is 28.4 Å². The zero-order valence-electron chi connectivity index (χ0n) is 19.6. The number of aliphatic imine (C=N–C) groups is 1. The van der Waals surface area contributed by atoms with Crippen LogP contribution in [0.2, 0.25) is 5.15 Å². The number of quaternary nitrogens is 1. The van der Waals surface area contributed by atoms with Gasteiger partial charge in [-0.05, 0) is 37.0 Å². The number of hydrogen-bond donors (Lipinski definition) is 4. The van der Waals surface area contributed by atoms with E-state index in [4.69, 9.17) is 33.5 Å². The van der Waals surface area contributed by atoms with Gasteiger partial charge in [0.05, 0.1) is 21.1 Å². The number of rotatable bonds is 10. The molecule has 0 aliphatic rings. The van der Waals surface area contributed by atoms with E-state index in [1.165, 1.54) is 5.56 Å². The van der Waals surface area contributed by atoms with Crippen molar-refractivity contribution in [1.29, 1.82) is 0 Å². The van der Waals surface area contributed by atoms with Gasteiger partial charge in [-0.1, -0.05) is 31.2 Å². The number of nitrogens with two attached hydrogens (primary N) is 3. The minimum absolute atomic E-state index is 0. The van der Waals surface area contributed by atoms with E-state index in [2.05, 4.69) is 53.6 Å². The number of aryl methyl sites for hydroxylation is 1. The third kappa shape index (κ3) is 12.7. The van der Waals surface area contributed by atoms with Crippen molar-refractivity contribution in [3.05, 3.63) is 40.7 Å². The molecule has 10 nitrogen and oxygen atoms in total. The van der Waals surface area contributed by atoms with E-state index in [-0.39, 0.29) is 60.7 Å². The van der Waals surface area contributed by atoms with Gasteiger partial charge in [-0.3, -0.25) is 15.1 Å². The summed E-state index contributed by atoms with van der Waals surface area (Å²) in [7, 11) is 6.41. The molecule has 2 aromatic rings. The van der Waals surface area contributed by atoms with Gasteiger partial charge in [0.25, 0.3) is 5.91 Å². The number of hydrogen-bond acceptors (Lipinski definition) is 7. The quantitative estimate of drug-likeness (QED) is 0.134. The summed E-state index contributed by atoms with van der Waals surface area (Å²) in [6.07, 6.45) is 2.66. The molecule has 0 atom stereocenters. The number of halogens is 3. The molecule has 198 valence electrons. The predicted octanol–water partition coefficient (Wildman–Crippen LogP) is -0.491. The molecule has 0 aliphatic heterocycles. The van der Waals surface area contributed by atoms with E-state index in [0.717, 1.165) is 36.0 Å². The average Bonchev–Trinajstić information content (AvgIpc) is 2.70. The fourth-order valence-corrected chi connectivity index (χ4v) is 2.78. The number of anilines is 2. The highest BCUT2D eigenvalue weighted by Crippen LogP contribution is 2.17. The summed E-state index contributed by atoms with van der Waals surface area (Å²) < 4.78 is 6.65. The average molecular weight is 552 g/mol. The summed E-state index contributed by atoms with van der Waals surface area (Å²) in [4.78, 5) is 23.9. The Morgan fingerprint density at radius 2 is 1.74 bits per heavy atom. The smallest absolute Gasteiger partial charge is 0.280 e. The molecule has 1 amide bonds. The molecular weight excluding hydrogens is 515 g/mol. The largest absolute Gasteiger partial charge is 1.00 e. The number of ether oxygens (including phenoxy) is 1. The van der Waals surface area contributed by atoms with Crippen LogP contribution in [0.3, 0.4) is 0 Å². The number of carbonyl (C=O) groups excluding carboxylic acids is 1. The first-order valence-corrected chi connectivity index (χ1v) is 10.6. The van der Waals surface area contributed by atoms with Crippen LogP contribution in [0.25, 0.3) is 0 Å². The summed E-state index contributed by atoms with van der Waals surface area (Å²) in [5.74, 6) is 0.0100. The van der Waals surface area contributed by atoms with Gasteiger partial charge >= 0.3 is 0 Å². The molecule has 1 aromatic carbocycles. The van der Waals surface area contributed by atoms with E-state index in [9.17, 15) is 4.79 Å². The van der Waals surface area contributed by atoms with E-state index in [1.54, 1.807) is 0 Å². The van der Waals surface area contributed by atoms with Crippen LogP contribution in [0.4, 0.5) is 11.6 Å². The number of nitrogen functional groups attached to an aromatic ring is 2. The topological polar surface area (TPSA) is 155 Å². The van der Waals surface area contributed by atoms with Crippen LogP contribution in [0.5, 0.6) is 5.75 Å². The SMILES string of the molecule is C.C[N+](C)(C)CCOc1ccc(CCCCN=C(N)NC(=O)c2nc(Cl)c(N)nc2N)cc1.Cl.[Cl-]. The molecule has 2 rings (SSSR count). The van der Waals surface area contributed by atoms with Crippen molar-refractivity contribution in [3.8, 4) is 5.75 Å². The number of nitrogens with one attached hydrogen (secondary N) is 1. The van der Waals surface area contributed by atoms with Crippen LogP contribution in [-0.2, 0) is 6.42 Å². The van der Waals surface area contributed by atoms with E-state index in [0.29, 0.717) is 13.2 Å². The Morgan fingerprint density at radius 1 is 1.11 bits per heavy atom. The third-order valence-corrected chi connectivity index (χ3v) is 4.75. The lowest BCUT2D eigenvalue weighted by Crippen LogP contribution is -3.00. The molecule has 1 aromatic heterocycles. The molecule has 0 aliphatic carbocycles. The van der Waals surface area contributed by atoms with Crippen LogP contribution in [0, 0.1) is 0 Å². The summed E-state index contributed by atoms with van der Waals surface area (Å²) in [5.41, 5.74) is 18.0. The number of unbranched alkanes of at least 4 members (excludes halogenated alkanes) is 1. The Labute approximate surface area is 225 Å². The maximum Gasteiger partial charge on any atom is 0.280 e. The molecule has 0 saturated heterocycles. The van der Waals surface area contributed by atoms with E-state index < -0.39 is 5.91 Å². The van der Waals surface area contributed by atoms with Crippen molar-refractivity contribution in [1.82, 2.24) is 15.3 Å². The zero-order valence-corrected chi connectivity index (χ0v) is 21.9. The molecule has 13 heteroatoms. The molecule has 1 heterocycles. The summed E-state index contributed by atoms with van der Waals surface area (Å²) in [6.45, 7) is 2.10. The Morgan fingerprint density at radius 3 is 2.34 bits per heavy atom. The second-order valence-electron chi connectivity index (χ2n) is 8.32. The summed E-state index contributed by atoms with van der Waals surface area (Å²) in [6, 6.07) is 8.13. The highest BCUT2D eigenvalue weighted by molar-refractivity contribution is 6.31. The first-order chi connectivity index (χ1) is 15.0. The van der Waals surface area contributed by atoms with Gasteiger partial charge in [-0.15, -0.1) is 12.4 Å². The normalized spacial score (nSPS) is 10.9. The highest BCUT2D eigenvalue weighted by Gasteiger charge is 2.16. The van der Waals surface area contributed by atoms with Crippen molar-refractivity contribution in [2.75, 3.05) is 52.3 Å². The number of benzene rings is 1. The standard InChI is InChI=1S/C21H31ClN8O2.CH4.2ClH/c1-30(2,3)12-13-32-15-9-7-14(8-10-15)6-4-5-11-26-21(25)29-20(31)16-18(23)28-19(24)17(22)27-16;;;/h7-10H,4-6,11-13H2,1-3H3,(H6-,23,24,25,26,28,29,31);1H4;2*1H. The second kappa shape index (κ2) is 16.2. The Kier molecular flexibility index (Phi) is 16.0. The monoisotopic (exact) mass is 550 g/mol. The van der Waals surface area contributed by atoms with E-state index in [1.807, 2.05) is 12.1 Å². The molecule has 0 fully saturated rings. The molecule has 0 spiro atoms. The second-order valence-corrected chi connectivity index (χ2v) is 8.68. The highest BCUT2D eigenvalue weighted by atomic mass is 35.5. The lowest BCUT2D eigenvalue weighted by Gasteiger charge is -2.23. The minimum atomic E-state index is -0.651. The van der Waals surface area contributed by atoms with Gasteiger partial charge in [-0.25, -0.2) is 9.97 Å². The van der Waals surface area contributed by atoms with Crippen LogP contribution < -0.4 is 39.7 Å². The number of likely N-dealkylation sites (N-methyl/N-ethyl adjacent to an activating group) is 1. The van der Waals surface area contributed by atoms with E-state index >= 15 is 0 Å². The van der Waals surface area contributed by atoms with Gasteiger partial charge < -0.3 is 38.8 Å². The van der Waals surface area contributed by atoms with Crippen LogP contribution in [0.1, 0.15) is 36.3 Å². The van der Waals surface area contributed by atoms with Crippen molar-refractivity contribution >= 4 is 47.5 Å². The van der Waals surface area contributed by atoms with Gasteiger partial charge in [0.1, 0.15) is 18.9 Å². The molecule has 35 heavy (non-hydrogen) atoms. The van der Waals surface area contributed by atoms with Gasteiger partial charge in [-0.2, -0.15) is 0 Å². The number of guanidine groups is 1. The number of amides is 1. The lowest BCUT2D eigenvalue weighted by molar-refractivity contribution is -0.870. The molecular formula is C22H37Cl3N8O2. The minimum Gasteiger partial charge on any atom is -1.00 e. The van der Waals surface area contributed by atoms with Crippen molar-refractivity contribution in [2.24, 2.45) is 10.7 Å². The Bertz CT molecular complexity index is 951. The number of carbonyl (C=O) groups is 1. The van der Waals surface area contributed by atoms with Crippen molar-refractivity contribution in [2.45, 2.75) is 26.7 Å². The maximum absolute atomic E-state index is 12.2. The summed E-state index contributed by atoms with van der Waals surface area (Å²) in [5, 5.41) is 2.31. The van der Waals surface area contributed by atoms with Gasteiger partial charge in [0, 0.05) is 6.54 Å². The lowest BCUT2D eigenvalue weighted by atomic mass is 10.1. The Hall–Kier alpha value is -2.53. The van der Waals surface area contributed by atoms with Crippen LogP contribution in [-0.4, -0.2) is 67.2 Å². The fourth-order valence-electron chi connectivity index (χ4n) is 2.65. The molecule has 7 N–H and O–H groups in total. The molecule has 0 saturated carbocycles. The maximum atomic E-state index is 12.2. The zero-order chi connectivity index (χ0) is 23.7. The molecule has 0 radical (unpaired) electrons. The van der Waals surface area contributed by atoms with Crippen LogP contribution in [0.15, 0.2) is 29.3 Å². The van der Waals surface area contributed by atoms with Gasteiger partial charge in [0.2, 0.25) is 0 Å². The van der Waals surface area contributed by atoms with Crippen molar-refractivity contribution in [3.63, 3.8) is 0 Å².